The number of hydrogen-bond acceptors (Lipinski definition) is 7. The van der Waals surface area contributed by atoms with Crippen molar-refractivity contribution in [2.75, 3.05) is 0 Å². The van der Waals surface area contributed by atoms with E-state index >= 15 is 0 Å². The van der Waals surface area contributed by atoms with Crippen LogP contribution in [0, 0.1) is 24.2 Å². The van der Waals surface area contributed by atoms with Crippen LogP contribution in [0.1, 0.15) is 72.4 Å². The van der Waals surface area contributed by atoms with Gasteiger partial charge in [-0.1, -0.05) is 51.5 Å². The number of aryl methyl sites for hydroxylation is 1. The monoisotopic (exact) mass is 473 g/mol. The minimum absolute atomic E-state index is 0.141. The molecule has 5 atom stereocenters. The van der Waals surface area contributed by atoms with E-state index in [-0.39, 0.29) is 18.1 Å². The Kier molecular flexibility index (Phi) is 9.59. The normalized spacial score (nSPS) is 32.6. The Hall–Kier alpha value is -2.51. The summed E-state index contributed by atoms with van der Waals surface area (Å²) >= 11 is 0. The third kappa shape index (κ3) is 7.24. The molecule has 0 amide bonds. The van der Waals surface area contributed by atoms with Crippen molar-refractivity contribution < 1.29 is 29.0 Å². The molecule has 0 saturated heterocycles. The number of cyclic esters (lactones) is 1. The minimum Gasteiger partial charge on any atom is -0.457 e. The number of rotatable bonds is 2. The van der Waals surface area contributed by atoms with Crippen molar-refractivity contribution in [3.8, 4) is 0 Å². The zero-order valence-electron chi connectivity index (χ0n) is 21.4. The first-order valence-electron chi connectivity index (χ1n) is 11.9. The number of carbonyl (C=O) groups excluding carboxylic acids is 2. The summed E-state index contributed by atoms with van der Waals surface area (Å²) in [6, 6.07) is 0. The molecule has 1 aromatic heterocycles. The van der Waals surface area contributed by atoms with Crippen LogP contribution in [0.2, 0.25) is 0 Å². The van der Waals surface area contributed by atoms with Crippen LogP contribution >= 0.6 is 0 Å². The number of carbonyl (C=O) groups is 2. The first-order chi connectivity index (χ1) is 15.8. The first-order valence-corrected chi connectivity index (χ1v) is 11.9. The number of oxazole rings is 1. The van der Waals surface area contributed by atoms with E-state index in [0.717, 1.165) is 11.1 Å². The molecule has 7 heteroatoms. The van der Waals surface area contributed by atoms with Crippen LogP contribution in [-0.2, 0) is 14.3 Å². The van der Waals surface area contributed by atoms with Gasteiger partial charge in [-0.25, -0.2) is 4.98 Å². The van der Waals surface area contributed by atoms with Gasteiger partial charge in [-0.15, -0.1) is 0 Å². The minimum atomic E-state index is -1.24. The van der Waals surface area contributed by atoms with E-state index in [0.29, 0.717) is 24.4 Å². The van der Waals surface area contributed by atoms with E-state index in [4.69, 9.17) is 9.15 Å². The SMILES string of the molecule is CC1=C/CC(/C(C)=C/c2coc(C)n2)OC(=O)C[C@H](O)C(C)(C)C(=O)[C@H](C)[C@@H](O)[C@@H](C)C\C=C\1. The number of esters is 1. The Balaban J connectivity index is 2.38. The Morgan fingerprint density at radius 1 is 1.18 bits per heavy atom. The summed E-state index contributed by atoms with van der Waals surface area (Å²) < 4.78 is 11.0. The maximum absolute atomic E-state index is 13.1. The maximum Gasteiger partial charge on any atom is 0.309 e. The van der Waals surface area contributed by atoms with Gasteiger partial charge in [0.05, 0.1) is 24.0 Å². The zero-order chi connectivity index (χ0) is 25.6. The Labute approximate surface area is 202 Å². The fourth-order valence-electron chi connectivity index (χ4n) is 4.09. The van der Waals surface area contributed by atoms with Crippen LogP contribution in [0.15, 0.2) is 40.1 Å². The molecule has 34 heavy (non-hydrogen) atoms. The second-order valence-corrected chi connectivity index (χ2v) is 10.0. The summed E-state index contributed by atoms with van der Waals surface area (Å²) in [6.07, 6.45) is 7.33. The molecular weight excluding hydrogens is 434 g/mol. The van der Waals surface area contributed by atoms with Crippen molar-refractivity contribution in [3.05, 3.63) is 47.2 Å². The number of ketones is 1. The van der Waals surface area contributed by atoms with E-state index in [9.17, 15) is 19.8 Å². The number of aromatic nitrogens is 1. The van der Waals surface area contributed by atoms with Gasteiger partial charge in [-0.3, -0.25) is 9.59 Å². The third-order valence-corrected chi connectivity index (χ3v) is 6.67. The van der Waals surface area contributed by atoms with E-state index in [1.54, 1.807) is 33.8 Å². The van der Waals surface area contributed by atoms with Gasteiger partial charge in [-0.2, -0.15) is 0 Å². The molecule has 1 unspecified atom stereocenters. The zero-order valence-corrected chi connectivity index (χ0v) is 21.4. The Morgan fingerprint density at radius 2 is 1.85 bits per heavy atom. The lowest BCUT2D eigenvalue weighted by Gasteiger charge is -2.34. The fraction of sp³-hybridized carbons (Fsp3) is 0.593. The molecule has 0 radical (unpaired) electrons. The summed E-state index contributed by atoms with van der Waals surface area (Å²) in [5.41, 5.74) is 1.18. The van der Waals surface area contributed by atoms with Crippen molar-refractivity contribution in [1.29, 1.82) is 0 Å². The van der Waals surface area contributed by atoms with Gasteiger partial charge >= 0.3 is 5.97 Å². The predicted molar refractivity (Wildman–Crippen MR) is 131 cm³/mol. The molecule has 1 aromatic rings. The molecule has 0 spiro atoms. The second-order valence-electron chi connectivity index (χ2n) is 10.0. The number of ether oxygens (including phenoxy) is 1. The van der Waals surface area contributed by atoms with Gasteiger partial charge in [0, 0.05) is 19.3 Å². The molecule has 2 N–H and O–H groups in total. The lowest BCUT2D eigenvalue weighted by Crippen LogP contribution is -2.45. The highest BCUT2D eigenvalue weighted by molar-refractivity contribution is 5.88. The number of aliphatic hydroxyl groups is 2. The molecule has 1 aliphatic rings. The van der Waals surface area contributed by atoms with E-state index in [1.165, 1.54) is 6.26 Å². The van der Waals surface area contributed by atoms with Gasteiger partial charge in [-0.05, 0) is 37.8 Å². The molecule has 0 bridgehead atoms. The molecule has 0 aliphatic carbocycles. The van der Waals surface area contributed by atoms with Crippen molar-refractivity contribution >= 4 is 17.8 Å². The predicted octanol–water partition coefficient (Wildman–Crippen LogP) is 4.57. The van der Waals surface area contributed by atoms with Gasteiger partial charge < -0.3 is 19.4 Å². The maximum atomic E-state index is 13.1. The molecule has 2 heterocycles. The summed E-state index contributed by atoms with van der Waals surface area (Å²) in [6.45, 7) is 12.3. The van der Waals surface area contributed by atoms with Gasteiger partial charge in [0.15, 0.2) is 5.89 Å². The molecule has 2 rings (SSSR count). The summed E-state index contributed by atoms with van der Waals surface area (Å²) in [7, 11) is 0. The average molecular weight is 474 g/mol. The number of aliphatic hydroxyl groups excluding tert-OH is 2. The fourth-order valence-corrected chi connectivity index (χ4v) is 4.09. The largest absolute Gasteiger partial charge is 0.457 e. The standard InChI is InChI=1S/C27H39NO6/c1-16-9-8-10-17(2)25(31)19(4)26(32)27(6,7)23(29)14-24(30)34-22(12-11-16)18(3)13-21-15-33-20(5)28-21/h8-9,11,13,15,17,19,22-23,25,29,31H,10,12,14H2,1-7H3/b9-8+,16-11-,18-13+/t17-,19+,22?,23-,25-/m0/s1. The Bertz CT molecular complexity index is 954. The highest BCUT2D eigenvalue weighted by atomic mass is 16.5. The van der Waals surface area contributed by atoms with Crippen LogP contribution in [0.5, 0.6) is 0 Å². The van der Waals surface area contributed by atoms with Crippen LogP contribution in [-0.4, -0.2) is 45.3 Å². The van der Waals surface area contributed by atoms with Crippen molar-refractivity contribution in [2.24, 2.45) is 17.3 Å². The molecule has 0 saturated carbocycles. The highest BCUT2D eigenvalue weighted by Gasteiger charge is 2.42. The average Bonchev–Trinajstić information content (AvgIpc) is 3.18. The molecule has 0 aromatic carbocycles. The van der Waals surface area contributed by atoms with Gasteiger partial charge in [0.2, 0.25) is 0 Å². The van der Waals surface area contributed by atoms with Crippen molar-refractivity contribution in [3.63, 3.8) is 0 Å². The number of allylic oxidation sites excluding steroid dienone is 3. The number of Topliss-reactive ketones (excluding diaryl/α,β-unsaturated/α-hetero) is 1. The van der Waals surface area contributed by atoms with E-state index < -0.39 is 35.6 Å². The van der Waals surface area contributed by atoms with Crippen molar-refractivity contribution in [2.45, 2.75) is 86.0 Å². The van der Waals surface area contributed by atoms with Crippen LogP contribution in [0.25, 0.3) is 6.08 Å². The van der Waals surface area contributed by atoms with Gasteiger partial charge in [0.25, 0.3) is 0 Å². The summed E-state index contributed by atoms with van der Waals surface area (Å²) in [5, 5.41) is 21.5. The molecular formula is C27H39NO6. The molecule has 1 aliphatic heterocycles. The van der Waals surface area contributed by atoms with E-state index in [2.05, 4.69) is 4.98 Å². The lowest BCUT2D eigenvalue weighted by molar-refractivity contribution is -0.154. The number of hydrogen-bond donors (Lipinski definition) is 2. The van der Waals surface area contributed by atoms with E-state index in [1.807, 2.05) is 39.0 Å². The Morgan fingerprint density at radius 3 is 2.47 bits per heavy atom. The summed E-state index contributed by atoms with van der Waals surface area (Å²) in [4.78, 5) is 30.2. The molecule has 188 valence electrons. The van der Waals surface area contributed by atoms with Crippen LogP contribution < -0.4 is 0 Å². The molecule has 0 fully saturated rings. The summed E-state index contributed by atoms with van der Waals surface area (Å²) in [5.74, 6) is -1.17. The number of nitrogens with zero attached hydrogens (tertiary/aromatic N) is 1. The molecule has 7 nitrogen and oxygen atoms in total. The van der Waals surface area contributed by atoms with Crippen LogP contribution in [0.4, 0.5) is 0 Å². The smallest absolute Gasteiger partial charge is 0.309 e. The first kappa shape index (κ1) is 27.7. The van der Waals surface area contributed by atoms with Gasteiger partial charge in [0.1, 0.15) is 23.8 Å². The highest BCUT2D eigenvalue weighted by Crippen LogP contribution is 2.32. The van der Waals surface area contributed by atoms with Crippen LogP contribution in [0.3, 0.4) is 0 Å². The lowest BCUT2D eigenvalue weighted by atomic mass is 9.73. The topological polar surface area (TPSA) is 110 Å². The quantitative estimate of drug-likeness (QED) is 0.605. The third-order valence-electron chi connectivity index (χ3n) is 6.67. The van der Waals surface area contributed by atoms with Crippen molar-refractivity contribution in [1.82, 2.24) is 4.98 Å². The second kappa shape index (κ2) is 11.8.